The van der Waals surface area contributed by atoms with Gasteiger partial charge >= 0.3 is 6.18 Å². The van der Waals surface area contributed by atoms with E-state index in [4.69, 9.17) is 11.5 Å². The first-order valence-electron chi connectivity index (χ1n) is 9.77. The van der Waals surface area contributed by atoms with Gasteiger partial charge < -0.3 is 11.5 Å². The normalized spacial score (nSPS) is 11.9. The van der Waals surface area contributed by atoms with E-state index in [1.807, 2.05) is 0 Å². The molecule has 0 fully saturated rings. The van der Waals surface area contributed by atoms with Gasteiger partial charge in [0.2, 0.25) is 0 Å². The number of nitrogens with zero attached hydrogens (tertiary/aromatic N) is 1. The van der Waals surface area contributed by atoms with E-state index in [0.717, 1.165) is 0 Å². The van der Waals surface area contributed by atoms with Crippen LogP contribution in [0.5, 0.6) is 0 Å². The number of amides is 1. The molecule has 2 rings (SSSR count). The number of rotatable bonds is 4. The zero-order valence-corrected chi connectivity index (χ0v) is 20.3. The van der Waals surface area contributed by atoms with E-state index >= 15 is 0 Å². The summed E-state index contributed by atoms with van der Waals surface area (Å²) < 4.78 is 40.0. The Kier molecular flexibility index (Phi) is 9.14. The predicted molar refractivity (Wildman–Crippen MR) is 127 cm³/mol. The molecule has 0 atom stereocenters. The molecule has 8 heteroatoms. The first kappa shape index (κ1) is 27.3. The number of aromatic nitrogens is 1. The van der Waals surface area contributed by atoms with Crippen molar-refractivity contribution in [3.63, 3.8) is 0 Å². The number of allylic oxidation sites excluding steroid dienone is 1. The highest BCUT2D eigenvalue weighted by atomic mass is 32.2. The molecule has 2 aromatic rings. The first-order chi connectivity index (χ1) is 14.7. The number of aryl methyl sites for hydroxylation is 2. The van der Waals surface area contributed by atoms with Crippen LogP contribution in [0.4, 0.5) is 13.2 Å². The summed E-state index contributed by atoms with van der Waals surface area (Å²) in [5, 5.41) is 0. The van der Waals surface area contributed by atoms with Crippen molar-refractivity contribution in [2.45, 2.75) is 52.6 Å². The molecule has 0 radical (unpaired) electrons. The van der Waals surface area contributed by atoms with Crippen LogP contribution in [0.25, 0.3) is 11.6 Å². The van der Waals surface area contributed by atoms with E-state index in [0.29, 0.717) is 4.90 Å². The molecule has 174 valence electrons. The molecule has 0 spiro atoms. The lowest BCUT2D eigenvalue weighted by Gasteiger charge is -2.20. The van der Waals surface area contributed by atoms with Gasteiger partial charge in [0.15, 0.2) is 5.69 Å². The highest BCUT2D eigenvalue weighted by Crippen LogP contribution is 2.40. The van der Waals surface area contributed by atoms with Crippen LogP contribution in [0.1, 0.15) is 51.7 Å². The number of carbonyl (C=O) groups is 1. The van der Waals surface area contributed by atoms with Gasteiger partial charge in [-0.05, 0) is 81.7 Å². The first-order valence-corrected chi connectivity index (χ1v) is 11.0. The Morgan fingerprint density at radius 1 is 1.03 bits per heavy atom. The Hall–Kier alpha value is -2.74. The van der Waals surface area contributed by atoms with Crippen molar-refractivity contribution in [3.8, 4) is 0 Å². The average Bonchev–Trinajstić information content (AvgIpc) is 2.69. The Morgan fingerprint density at radius 3 is 1.81 bits per heavy atom. The second kappa shape index (κ2) is 10.7. The minimum absolute atomic E-state index is 0.0960. The molecule has 4 N–H and O–H groups in total. The minimum Gasteiger partial charge on any atom is -0.402 e. The summed E-state index contributed by atoms with van der Waals surface area (Å²) >= 11 is 1.20. The van der Waals surface area contributed by atoms with Gasteiger partial charge in [-0.2, -0.15) is 13.2 Å². The van der Waals surface area contributed by atoms with E-state index in [1.165, 1.54) is 53.9 Å². The number of pyridine rings is 1. The van der Waals surface area contributed by atoms with Crippen molar-refractivity contribution in [1.29, 1.82) is 0 Å². The fraction of sp³-hybridized carbons (Fsp3) is 0.333. The highest BCUT2D eigenvalue weighted by molar-refractivity contribution is 7.98. The lowest BCUT2D eigenvalue weighted by atomic mass is 9.95. The summed E-state index contributed by atoms with van der Waals surface area (Å²) in [6, 6.07) is 4.36. The van der Waals surface area contributed by atoms with Crippen molar-refractivity contribution in [2.75, 3.05) is 6.26 Å². The highest BCUT2D eigenvalue weighted by Gasteiger charge is 2.39. The second-order valence-corrected chi connectivity index (χ2v) is 8.27. The zero-order chi connectivity index (χ0) is 25.0. The van der Waals surface area contributed by atoms with Gasteiger partial charge in [-0.1, -0.05) is 18.7 Å². The Balaban J connectivity index is 0.000000425. The Morgan fingerprint density at radius 2 is 1.50 bits per heavy atom. The van der Waals surface area contributed by atoms with E-state index in [9.17, 15) is 18.0 Å². The molecule has 0 unspecified atom stereocenters. The van der Waals surface area contributed by atoms with Crippen LogP contribution in [0.2, 0.25) is 0 Å². The van der Waals surface area contributed by atoms with Gasteiger partial charge in [0.1, 0.15) is 0 Å². The number of thioether (sulfide) groups is 1. The third kappa shape index (κ3) is 5.94. The van der Waals surface area contributed by atoms with E-state index in [1.54, 1.807) is 6.26 Å². The van der Waals surface area contributed by atoms with Crippen LogP contribution in [-0.4, -0.2) is 17.1 Å². The lowest BCUT2D eigenvalue weighted by Crippen LogP contribution is -2.23. The molecule has 0 aliphatic heterocycles. The van der Waals surface area contributed by atoms with Gasteiger partial charge in [-0.3, -0.25) is 4.79 Å². The summed E-state index contributed by atoms with van der Waals surface area (Å²) in [5.74, 6) is -1.03. The van der Waals surface area contributed by atoms with Crippen LogP contribution in [0.15, 0.2) is 29.3 Å². The molecule has 1 aromatic heterocycles. The number of nitrogens with two attached hydrogens (primary N) is 2. The third-order valence-corrected chi connectivity index (χ3v) is 6.23. The molecule has 1 heterocycles. The van der Waals surface area contributed by atoms with Gasteiger partial charge in [-0.25, -0.2) is 4.98 Å². The van der Waals surface area contributed by atoms with Crippen molar-refractivity contribution >= 4 is 29.3 Å². The largest absolute Gasteiger partial charge is 0.433 e. The summed E-state index contributed by atoms with van der Waals surface area (Å²) in [5.41, 5.74) is 14.7. The van der Waals surface area contributed by atoms with Crippen molar-refractivity contribution < 1.29 is 18.0 Å². The lowest BCUT2D eigenvalue weighted by molar-refractivity contribution is -0.141. The summed E-state index contributed by atoms with van der Waals surface area (Å²) in [6.07, 6.45) is -1.83. The molecule has 0 saturated heterocycles. The average molecular weight is 466 g/mol. The Bertz CT molecular complexity index is 1040. The molecular formula is C24H30F3N3OS. The fourth-order valence-corrected chi connectivity index (χ4v) is 3.97. The molecular weight excluding hydrogens is 435 g/mol. The van der Waals surface area contributed by atoms with Gasteiger partial charge in [0.05, 0.1) is 11.3 Å². The quantitative estimate of drug-likeness (QED) is 0.437. The maximum atomic E-state index is 13.3. The molecule has 32 heavy (non-hydrogen) atoms. The fourth-order valence-electron chi connectivity index (χ4n) is 3.22. The monoisotopic (exact) mass is 465 g/mol. The van der Waals surface area contributed by atoms with Gasteiger partial charge in [0, 0.05) is 16.2 Å². The summed E-state index contributed by atoms with van der Waals surface area (Å²) in [4.78, 5) is 15.7. The number of benzene rings is 1. The zero-order valence-electron chi connectivity index (χ0n) is 19.5. The minimum atomic E-state index is -4.76. The van der Waals surface area contributed by atoms with Crippen LogP contribution < -0.4 is 11.5 Å². The molecule has 0 saturated carbocycles. The number of primary amides is 1. The Labute approximate surface area is 192 Å². The van der Waals surface area contributed by atoms with Crippen molar-refractivity contribution in [1.82, 2.24) is 4.98 Å². The standard InChI is InChI=1S/C14H16F3N3OS.C10H14/c1-5-8-11(22-4)6(2)9(10(7(3)18)13(19)21)12(20-8)14(15,16)17;1-7-5-6-8(2)10(4)9(7)3/h5H,1,18H2,2-4H3,(H2,19,21);5-6H,1-4H3/b10-7-;. The van der Waals surface area contributed by atoms with E-state index in [2.05, 4.69) is 51.4 Å². The SMILES string of the molecule is C=Cc1nc(C(F)(F)F)c(/C(C(N)=O)=C(\C)N)c(C)c1SC.Cc1ccc(C)c(C)c1C. The number of alkyl halides is 3. The van der Waals surface area contributed by atoms with Crippen molar-refractivity contribution in [3.05, 3.63) is 69.2 Å². The number of carbonyl (C=O) groups excluding carboxylic acids is 1. The topological polar surface area (TPSA) is 82.0 Å². The number of hydrogen-bond donors (Lipinski definition) is 2. The summed E-state index contributed by atoms with van der Waals surface area (Å²) in [7, 11) is 0. The maximum absolute atomic E-state index is 13.3. The number of halogens is 3. The second-order valence-electron chi connectivity index (χ2n) is 7.45. The number of hydrogen-bond acceptors (Lipinski definition) is 4. The maximum Gasteiger partial charge on any atom is 0.433 e. The van der Waals surface area contributed by atoms with Crippen LogP contribution in [-0.2, 0) is 11.0 Å². The molecule has 0 aliphatic carbocycles. The van der Waals surface area contributed by atoms with Crippen molar-refractivity contribution in [2.24, 2.45) is 11.5 Å². The van der Waals surface area contributed by atoms with Crippen LogP contribution >= 0.6 is 11.8 Å². The third-order valence-electron chi connectivity index (χ3n) is 5.30. The van der Waals surface area contributed by atoms with Gasteiger partial charge in [-0.15, -0.1) is 11.8 Å². The predicted octanol–water partition coefficient (Wildman–Crippen LogP) is 5.87. The molecule has 1 aromatic carbocycles. The van der Waals surface area contributed by atoms with Crippen LogP contribution in [0.3, 0.4) is 0 Å². The van der Waals surface area contributed by atoms with Gasteiger partial charge in [0.25, 0.3) is 5.91 Å². The molecule has 1 amide bonds. The van der Waals surface area contributed by atoms with E-state index < -0.39 is 17.8 Å². The van der Waals surface area contributed by atoms with E-state index in [-0.39, 0.29) is 28.1 Å². The summed E-state index contributed by atoms with van der Waals surface area (Å²) in [6.45, 7) is 14.9. The van der Waals surface area contributed by atoms with Crippen LogP contribution in [0, 0.1) is 34.6 Å². The molecule has 0 aliphatic rings. The molecule has 4 nitrogen and oxygen atoms in total. The smallest absolute Gasteiger partial charge is 0.402 e. The molecule has 0 bridgehead atoms.